The van der Waals surface area contributed by atoms with Crippen LogP contribution in [0.25, 0.3) is 77.9 Å². The highest BCUT2D eigenvalue weighted by Gasteiger charge is 2.52. The summed E-state index contributed by atoms with van der Waals surface area (Å²) < 4.78 is 0. The maximum atomic E-state index is 4.78. The highest BCUT2D eigenvalue weighted by atomic mass is 15.1. The molecule has 0 aliphatic heterocycles. The molecule has 0 saturated carbocycles. The van der Waals surface area contributed by atoms with Crippen LogP contribution in [0.15, 0.2) is 341 Å². The van der Waals surface area contributed by atoms with Crippen LogP contribution in [-0.4, -0.2) is 0 Å². The van der Waals surface area contributed by atoms with Crippen molar-refractivity contribution in [1.82, 2.24) is 0 Å². The van der Waals surface area contributed by atoms with Gasteiger partial charge in [0.25, 0.3) is 0 Å². The summed E-state index contributed by atoms with van der Waals surface area (Å²) in [6.45, 7) is 13.9. The van der Waals surface area contributed by atoms with Crippen LogP contribution in [0.2, 0.25) is 0 Å². The highest BCUT2D eigenvalue weighted by Crippen LogP contribution is 2.65. The second kappa shape index (κ2) is 21.8. The van der Waals surface area contributed by atoms with Gasteiger partial charge in [-0.15, -0.1) is 0 Å². The third-order valence-electron chi connectivity index (χ3n) is 19.2. The van der Waals surface area contributed by atoms with Crippen molar-refractivity contribution in [3.8, 4) is 66.8 Å². The van der Waals surface area contributed by atoms with Crippen LogP contribution in [0.3, 0.4) is 0 Å². The third-order valence-corrected chi connectivity index (χ3v) is 19.2. The highest BCUT2D eigenvalue weighted by molar-refractivity contribution is 6.02. The first-order valence-corrected chi connectivity index (χ1v) is 31.2. The van der Waals surface area contributed by atoms with Crippen molar-refractivity contribution in [2.24, 2.45) is 0 Å². The van der Waals surface area contributed by atoms with Gasteiger partial charge >= 0.3 is 0 Å². The number of benzene rings is 13. The summed E-state index contributed by atoms with van der Waals surface area (Å²) in [5.74, 6) is 0. The smallest absolute Gasteiger partial charge is 0.0726 e. The molecule has 0 bridgehead atoms. The topological polar surface area (TPSA) is 6.48 Å². The minimum absolute atomic E-state index is 0.173. The summed E-state index contributed by atoms with van der Waals surface area (Å²) in [7, 11) is 0. The molecule has 16 rings (SSSR count). The van der Waals surface area contributed by atoms with E-state index in [1.807, 2.05) is 6.08 Å². The molecular weight excluding hydrogens is 1080 g/mol. The minimum atomic E-state index is -0.580. The summed E-state index contributed by atoms with van der Waals surface area (Å²) in [4.78, 5) is 4.84. The van der Waals surface area contributed by atoms with Gasteiger partial charge in [-0.05, 0) is 196 Å². The molecule has 0 N–H and O–H groups in total. The lowest BCUT2D eigenvalue weighted by Crippen LogP contribution is -2.26. The molecule has 3 aliphatic carbocycles. The fourth-order valence-corrected chi connectivity index (χ4v) is 14.9. The van der Waals surface area contributed by atoms with Gasteiger partial charge in [0, 0.05) is 39.4 Å². The molecule has 0 saturated heterocycles. The van der Waals surface area contributed by atoms with Crippen LogP contribution in [0.4, 0.5) is 34.1 Å². The molecule has 1 spiro atoms. The number of nitrogens with zero attached hydrogens (tertiary/aromatic N) is 2. The van der Waals surface area contributed by atoms with Gasteiger partial charge in [0.2, 0.25) is 0 Å². The standard InChI is InChI=1S/C88H64N2/c1-5-60(64-36-45-69(46-37-64)89(70-47-38-65(39-48-70)61-22-9-6-10-23-61)71-49-40-66(41-50-71)62-24-11-7-12-25-62)56-59(2)68-44-55-82-78(57-68)75-29-16-19-32-80(75)88(82)81-33-20-17-30-77(81)86-83(88)34-21-35-85(86)90(72-51-42-67(43-52-72)63-26-13-8-14-27-63)73-53-54-76-74-28-15-18-31-79(74)87(3,4)84(76)58-73/h5-58H,1-2H2,3-4H3/b60-56+. The fraction of sp³-hybridized carbons (Fsp3) is 0.0455. The monoisotopic (exact) mass is 1150 g/mol. The summed E-state index contributed by atoms with van der Waals surface area (Å²) >= 11 is 0. The van der Waals surface area contributed by atoms with Gasteiger partial charge in [0.1, 0.15) is 0 Å². The Hall–Kier alpha value is -11.3. The van der Waals surface area contributed by atoms with Crippen molar-refractivity contribution < 1.29 is 0 Å². The van der Waals surface area contributed by atoms with Crippen LogP contribution in [-0.2, 0) is 10.8 Å². The van der Waals surface area contributed by atoms with Gasteiger partial charge in [-0.3, -0.25) is 0 Å². The number of allylic oxidation sites excluding steroid dienone is 4. The van der Waals surface area contributed by atoms with Crippen molar-refractivity contribution in [1.29, 1.82) is 0 Å². The van der Waals surface area contributed by atoms with Gasteiger partial charge < -0.3 is 9.80 Å². The van der Waals surface area contributed by atoms with Crippen LogP contribution >= 0.6 is 0 Å². The number of rotatable bonds is 13. The number of anilines is 6. The molecule has 90 heavy (non-hydrogen) atoms. The first kappa shape index (κ1) is 54.1. The van der Waals surface area contributed by atoms with E-state index in [-0.39, 0.29) is 5.41 Å². The van der Waals surface area contributed by atoms with Crippen LogP contribution in [0.5, 0.6) is 0 Å². The van der Waals surface area contributed by atoms with Gasteiger partial charge in [0.15, 0.2) is 0 Å². The second-order valence-corrected chi connectivity index (χ2v) is 24.5. The van der Waals surface area contributed by atoms with Gasteiger partial charge in [-0.2, -0.15) is 0 Å². The summed E-state index contributed by atoms with van der Waals surface area (Å²) in [6.07, 6.45) is 4.14. The Morgan fingerprint density at radius 1 is 0.311 bits per heavy atom. The fourth-order valence-electron chi connectivity index (χ4n) is 14.9. The van der Waals surface area contributed by atoms with E-state index in [0.717, 1.165) is 56.4 Å². The van der Waals surface area contributed by atoms with Gasteiger partial charge in [0.05, 0.1) is 11.1 Å². The summed E-state index contributed by atoms with van der Waals surface area (Å²) in [6, 6.07) is 116. The first-order valence-electron chi connectivity index (χ1n) is 31.2. The summed E-state index contributed by atoms with van der Waals surface area (Å²) in [5, 5.41) is 0. The second-order valence-electron chi connectivity index (χ2n) is 24.5. The predicted molar refractivity (Wildman–Crippen MR) is 380 cm³/mol. The number of hydrogen-bond donors (Lipinski definition) is 0. The van der Waals surface area contributed by atoms with E-state index in [1.54, 1.807) is 0 Å². The lowest BCUT2D eigenvalue weighted by Gasteiger charge is -2.32. The van der Waals surface area contributed by atoms with Crippen molar-refractivity contribution in [2.45, 2.75) is 24.7 Å². The Morgan fingerprint density at radius 3 is 1.26 bits per heavy atom. The molecule has 13 aromatic rings. The summed E-state index contributed by atoms with van der Waals surface area (Å²) in [5.41, 5.74) is 32.4. The SMILES string of the molecule is C=C/C(=C\C(=C)c1ccc2c(c1)-c1ccccc1C21c2ccccc2-c2c(N(c3ccc(-c4ccccc4)cc3)c3ccc4c(c3)C(C)(C)c3ccccc3-4)cccc21)c1ccc(N(c2ccc(-c3ccccc3)cc2)c2ccc(-c3ccccc3)cc2)cc1. The van der Waals surface area contributed by atoms with Crippen LogP contribution < -0.4 is 9.80 Å². The Kier molecular flexibility index (Phi) is 13.1. The maximum Gasteiger partial charge on any atom is 0.0726 e. The van der Waals surface area contributed by atoms with E-state index in [1.165, 1.54) is 100 Å². The molecule has 1 unspecified atom stereocenters. The zero-order valence-corrected chi connectivity index (χ0v) is 50.5. The quantitative estimate of drug-likeness (QED) is 0.106. The molecule has 1 atom stereocenters. The number of fused-ring (bicyclic) bond motifs is 13. The molecular formula is C88H64N2. The van der Waals surface area contributed by atoms with Crippen LogP contribution in [0.1, 0.15) is 58.4 Å². The first-order chi connectivity index (χ1) is 44.3. The molecule has 0 amide bonds. The van der Waals surface area contributed by atoms with Gasteiger partial charge in [-0.25, -0.2) is 0 Å². The lowest BCUT2D eigenvalue weighted by atomic mass is 9.70. The van der Waals surface area contributed by atoms with Crippen molar-refractivity contribution >= 4 is 45.3 Å². The van der Waals surface area contributed by atoms with E-state index < -0.39 is 5.41 Å². The van der Waals surface area contributed by atoms with Gasteiger partial charge in [-0.1, -0.05) is 276 Å². The van der Waals surface area contributed by atoms with E-state index in [9.17, 15) is 0 Å². The van der Waals surface area contributed by atoms with E-state index in [4.69, 9.17) is 6.58 Å². The average molecular weight is 1150 g/mol. The van der Waals surface area contributed by atoms with E-state index >= 15 is 0 Å². The molecule has 0 radical (unpaired) electrons. The normalized spacial score (nSPS) is 14.4. The van der Waals surface area contributed by atoms with Crippen molar-refractivity contribution in [3.05, 3.63) is 385 Å². The molecule has 3 aliphatic rings. The molecule has 426 valence electrons. The number of hydrogen-bond acceptors (Lipinski definition) is 2. The Morgan fingerprint density at radius 2 is 0.711 bits per heavy atom. The minimum Gasteiger partial charge on any atom is -0.311 e. The third kappa shape index (κ3) is 8.78. The Balaban J connectivity index is 0.770. The Labute approximate surface area is 528 Å². The molecule has 0 heterocycles. The van der Waals surface area contributed by atoms with Crippen LogP contribution in [0, 0.1) is 0 Å². The zero-order chi connectivity index (χ0) is 60.5. The van der Waals surface area contributed by atoms with E-state index in [2.05, 4.69) is 352 Å². The average Bonchev–Trinajstić information content (AvgIpc) is 1.52. The molecule has 2 nitrogen and oxygen atoms in total. The predicted octanol–water partition coefficient (Wildman–Crippen LogP) is 23.6. The largest absolute Gasteiger partial charge is 0.311 e. The molecule has 0 aromatic heterocycles. The van der Waals surface area contributed by atoms with Crippen molar-refractivity contribution in [2.75, 3.05) is 9.80 Å². The maximum absolute atomic E-state index is 4.78. The Bertz CT molecular complexity index is 4880. The molecule has 0 fully saturated rings. The van der Waals surface area contributed by atoms with Crippen molar-refractivity contribution in [3.63, 3.8) is 0 Å². The molecule has 13 aromatic carbocycles. The zero-order valence-electron chi connectivity index (χ0n) is 50.5. The van der Waals surface area contributed by atoms with E-state index in [0.29, 0.717) is 0 Å². The molecule has 2 heteroatoms. The lowest BCUT2D eigenvalue weighted by molar-refractivity contribution is 0.660.